The van der Waals surface area contributed by atoms with Crippen LogP contribution in [0.5, 0.6) is 0 Å². The van der Waals surface area contributed by atoms with Crippen molar-refractivity contribution in [2.24, 2.45) is 5.73 Å². The Labute approximate surface area is 98.1 Å². The fourth-order valence-corrected chi connectivity index (χ4v) is 2.26. The van der Waals surface area contributed by atoms with Gasteiger partial charge in [0.2, 0.25) is 0 Å². The lowest BCUT2D eigenvalue weighted by Crippen LogP contribution is -2.41. The van der Waals surface area contributed by atoms with E-state index in [2.05, 4.69) is 6.92 Å². The van der Waals surface area contributed by atoms with Crippen LogP contribution in [-0.2, 0) is 9.53 Å². The largest absolute Gasteiger partial charge is 0.372 e. The number of methoxy groups -OCH3 is 1. The summed E-state index contributed by atoms with van der Waals surface area (Å²) in [6, 6.07) is 0.375. The summed E-state index contributed by atoms with van der Waals surface area (Å²) in [6.07, 6.45) is 4.67. The highest BCUT2D eigenvalue weighted by Crippen LogP contribution is 2.19. The summed E-state index contributed by atoms with van der Waals surface area (Å²) < 4.78 is 5.29. The monoisotopic (exact) mass is 228 g/mol. The number of carbonyl (C=O) groups excluding carboxylic acids is 1. The Balaban J connectivity index is 2.42. The molecule has 16 heavy (non-hydrogen) atoms. The van der Waals surface area contributed by atoms with Gasteiger partial charge >= 0.3 is 0 Å². The third-order valence-electron chi connectivity index (χ3n) is 3.32. The number of nitrogens with two attached hydrogens (primary N) is 1. The third-order valence-corrected chi connectivity index (χ3v) is 3.32. The van der Waals surface area contributed by atoms with Crippen molar-refractivity contribution < 1.29 is 9.53 Å². The predicted octanol–water partition coefficient (Wildman–Crippen LogP) is 1.14. The SMILES string of the molecule is COC(CCCCN)C(=O)N1CCCC1C. The van der Waals surface area contributed by atoms with E-state index in [4.69, 9.17) is 10.5 Å². The number of carbonyl (C=O) groups is 1. The summed E-state index contributed by atoms with van der Waals surface area (Å²) >= 11 is 0. The van der Waals surface area contributed by atoms with E-state index in [1.807, 2.05) is 4.90 Å². The normalized spacial score (nSPS) is 22.4. The highest BCUT2D eigenvalue weighted by molar-refractivity contribution is 5.81. The Morgan fingerprint density at radius 3 is 2.81 bits per heavy atom. The van der Waals surface area contributed by atoms with Crippen molar-refractivity contribution in [3.8, 4) is 0 Å². The number of nitrogens with zero attached hydrogens (tertiary/aromatic N) is 1. The number of hydrogen-bond acceptors (Lipinski definition) is 3. The van der Waals surface area contributed by atoms with Gasteiger partial charge in [-0.2, -0.15) is 0 Å². The van der Waals surface area contributed by atoms with E-state index in [9.17, 15) is 4.79 Å². The molecule has 0 aromatic heterocycles. The van der Waals surface area contributed by atoms with Crippen molar-refractivity contribution in [3.05, 3.63) is 0 Å². The molecule has 4 heteroatoms. The van der Waals surface area contributed by atoms with Crippen molar-refractivity contribution in [1.29, 1.82) is 0 Å². The van der Waals surface area contributed by atoms with E-state index in [1.54, 1.807) is 7.11 Å². The summed E-state index contributed by atoms with van der Waals surface area (Å²) in [7, 11) is 1.62. The molecule has 94 valence electrons. The first-order valence-corrected chi connectivity index (χ1v) is 6.24. The van der Waals surface area contributed by atoms with Crippen LogP contribution in [0.15, 0.2) is 0 Å². The molecule has 0 saturated carbocycles. The second kappa shape index (κ2) is 6.86. The Kier molecular flexibility index (Phi) is 5.77. The average Bonchev–Trinajstić information content (AvgIpc) is 2.70. The Morgan fingerprint density at radius 2 is 2.31 bits per heavy atom. The van der Waals surface area contributed by atoms with E-state index in [-0.39, 0.29) is 12.0 Å². The molecule has 1 heterocycles. The van der Waals surface area contributed by atoms with Crippen LogP contribution in [0.1, 0.15) is 39.0 Å². The smallest absolute Gasteiger partial charge is 0.251 e. The molecule has 0 spiro atoms. The van der Waals surface area contributed by atoms with E-state index in [0.29, 0.717) is 12.6 Å². The van der Waals surface area contributed by atoms with Crippen LogP contribution in [0.25, 0.3) is 0 Å². The minimum absolute atomic E-state index is 0.157. The van der Waals surface area contributed by atoms with E-state index >= 15 is 0 Å². The van der Waals surface area contributed by atoms with E-state index in [0.717, 1.165) is 38.6 Å². The van der Waals surface area contributed by atoms with E-state index < -0.39 is 0 Å². The molecule has 4 nitrogen and oxygen atoms in total. The lowest BCUT2D eigenvalue weighted by atomic mass is 10.1. The molecule has 0 aromatic rings. The number of likely N-dealkylation sites (tertiary alicyclic amines) is 1. The molecule has 1 saturated heterocycles. The summed E-state index contributed by atoms with van der Waals surface area (Å²) in [5.41, 5.74) is 5.44. The fourth-order valence-electron chi connectivity index (χ4n) is 2.26. The van der Waals surface area contributed by atoms with Crippen LogP contribution in [0.3, 0.4) is 0 Å². The topological polar surface area (TPSA) is 55.6 Å². The maximum Gasteiger partial charge on any atom is 0.251 e. The molecule has 1 aliphatic rings. The summed E-state index contributed by atoms with van der Waals surface area (Å²) in [6.45, 7) is 3.68. The van der Waals surface area contributed by atoms with Crippen LogP contribution in [0.4, 0.5) is 0 Å². The van der Waals surface area contributed by atoms with Crippen LogP contribution in [-0.4, -0.2) is 43.2 Å². The fraction of sp³-hybridized carbons (Fsp3) is 0.917. The maximum atomic E-state index is 12.2. The van der Waals surface area contributed by atoms with Crippen LogP contribution < -0.4 is 5.73 Å². The van der Waals surface area contributed by atoms with Crippen molar-refractivity contribution in [2.75, 3.05) is 20.2 Å². The Bertz CT molecular complexity index is 221. The van der Waals surface area contributed by atoms with Crippen LogP contribution in [0.2, 0.25) is 0 Å². The molecule has 2 atom stereocenters. The first kappa shape index (κ1) is 13.5. The first-order valence-electron chi connectivity index (χ1n) is 6.24. The van der Waals surface area contributed by atoms with Gasteiger partial charge in [0.05, 0.1) is 0 Å². The highest BCUT2D eigenvalue weighted by Gasteiger charge is 2.30. The number of rotatable bonds is 6. The molecule has 1 rings (SSSR count). The van der Waals surface area contributed by atoms with E-state index in [1.165, 1.54) is 0 Å². The van der Waals surface area contributed by atoms with Gasteiger partial charge in [-0.25, -0.2) is 0 Å². The lowest BCUT2D eigenvalue weighted by Gasteiger charge is -2.26. The minimum atomic E-state index is -0.271. The zero-order valence-electron chi connectivity index (χ0n) is 10.4. The van der Waals surface area contributed by atoms with Gasteiger partial charge in [-0.05, 0) is 45.6 Å². The number of amides is 1. The molecule has 0 bridgehead atoms. The van der Waals surface area contributed by atoms with Crippen molar-refractivity contribution in [3.63, 3.8) is 0 Å². The second-order valence-electron chi connectivity index (χ2n) is 4.53. The van der Waals surface area contributed by atoms with Gasteiger partial charge in [-0.1, -0.05) is 0 Å². The molecule has 2 N–H and O–H groups in total. The Morgan fingerprint density at radius 1 is 1.56 bits per heavy atom. The minimum Gasteiger partial charge on any atom is -0.372 e. The Hall–Kier alpha value is -0.610. The number of unbranched alkanes of at least 4 members (excludes halogenated alkanes) is 1. The zero-order chi connectivity index (χ0) is 12.0. The molecule has 0 aliphatic carbocycles. The quantitative estimate of drug-likeness (QED) is 0.694. The molecule has 0 aromatic carbocycles. The summed E-state index contributed by atoms with van der Waals surface area (Å²) in [5.74, 6) is 0.157. The molecule has 0 radical (unpaired) electrons. The zero-order valence-corrected chi connectivity index (χ0v) is 10.4. The van der Waals surface area contributed by atoms with Crippen LogP contribution >= 0.6 is 0 Å². The van der Waals surface area contributed by atoms with Gasteiger partial charge in [-0.15, -0.1) is 0 Å². The van der Waals surface area contributed by atoms with Gasteiger partial charge in [0.15, 0.2) is 0 Å². The summed E-state index contributed by atoms with van der Waals surface area (Å²) in [4.78, 5) is 14.1. The van der Waals surface area contributed by atoms with Crippen molar-refractivity contribution in [2.45, 2.75) is 51.2 Å². The summed E-state index contributed by atoms with van der Waals surface area (Å²) in [5, 5.41) is 0. The van der Waals surface area contributed by atoms with Gasteiger partial charge in [-0.3, -0.25) is 4.79 Å². The second-order valence-corrected chi connectivity index (χ2v) is 4.53. The molecular formula is C12H24N2O2. The highest BCUT2D eigenvalue weighted by atomic mass is 16.5. The number of ether oxygens (including phenoxy) is 1. The van der Waals surface area contributed by atoms with Crippen molar-refractivity contribution in [1.82, 2.24) is 4.90 Å². The van der Waals surface area contributed by atoms with Gasteiger partial charge in [0.1, 0.15) is 6.10 Å². The molecule has 1 aliphatic heterocycles. The average molecular weight is 228 g/mol. The molecule has 2 unspecified atom stereocenters. The molecular weight excluding hydrogens is 204 g/mol. The third kappa shape index (κ3) is 3.46. The standard InChI is InChI=1S/C12H24N2O2/c1-10-6-5-9-14(10)12(15)11(16-2)7-3-4-8-13/h10-11H,3-9,13H2,1-2H3. The van der Waals surface area contributed by atoms with Gasteiger partial charge < -0.3 is 15.4 Å². The van der Waals surface area contributed by atoms with Crippen molar-refractivity contribution >= 4 is 5.91 Å². The lowest BCUT2D eigenvalue weighted by molar-refractivity contribution is -0.143. The van der Waals surface area contributed by atoms with Gasteiger partial charge in [0.25, 0.3) is 5.91 Å². The molecule has 1 amide bonds. The molecule has 1 fully saturated rings. The number of hydrogen-bond donors (Lipinski definition) is 1. The van der Waals surface area contributed by atoms with Crippen LogP contribution in [0, 0.1) is 0 Å². The van der Waals surface area contributed by atoms with Gasteiger partial charge in [0, 0.05) is 19.7 Å². The first-order chi connectivity index (χ1) is 7.70. The predicted molar refractivity (Wildman–Crippen MR) is 64.1 cm³/mol. The maximum absolute atomic E-state index is 12.2.